The van der Waals surface area contributed by atoms with E-state index < -0.39 is 0 Å². The van der Waals surface area contributed by atoms with Gasteiger partial charge in [0.2, 0.25) is 0 Å². The van der Waals surface area contributed by atoms with Crippen LogP contribution in [0.15, 0.2) is 17.0 Å². The molecule has 4 aliphatic rings. The SMILES string of the molecule is Cc1cc(C)c(SN2CCN(C3CN4CCC3CC4)CC2)c(C)c1. The summed E-state index contributed by atoms with van der Waals surface area (Å²) < 4.78 is 2.59. The Kier molecular flexibility index (Phi) is 4.92. The number of piperidine rings is 3. The van der Waals surface area contributed by atoms with Gasteiger partial charge in [-0.05, 0) is 75.7 Å². The standard InChI is InChI=1S/C20H31N3S/c1-15-12-16(2)20(17(3)13-15)24-23-10-8-22(9-11-23)19-14-21-6-4-18(19)5-7-21/h12-13,18-19H,4-11,14H2,1-3H3. The van der Waals surface area contributed by atoms with Gasteiger partial charge in [-0.3, -0.25) is 4.90 Å². The predicted octanol–water partition coefficient (Wildman–Crippen LogP) is 3.33. The Morgan fingerprint density at radius 1 is 0.875 bits per heavy atom. The van der Waals surface area contributed by atoms with E-state index in [0.29, 0.717) is 0 Å². The topological polar surface area (TPSA) is 9.72 Å². The number of hydrogen-bond acceptors (Lipinski definition) is 4. The van der Waals surface area contributed by atoms with Crippen LogP contribution in [-0.2, 0) is 0 Å². The van der Waals surface area contributed by atoms with Crippen molar-refractivity contribution in [3.63, 3.8) is 0 Å². The highest BCUT2D eigenvalue weighted by Gasteiger charge is 2.38. The van der Waals surface area contributed by atoms with Gasteiger partial charge in [0.15, 0.2) is 0 Å². The fourth-order valence-corrected chi connectivity index (χ4v) is 5.92. The number of hydrogen-bond donors (Lipinski definition) is 0. The lowest BCUT2D eigenvalue weighted by Crippen LogP contribution is -2.60. The Morgan fingerprint density at radius 2 is 1.50 bits per heavy atom. The maximum atomic E-state index is 2.79. The summed E-state index contributed by atoms with van der Waals surface area (Å²) in [6.07, 6.45) is 2.86. The summed E-state index contributed by atoms with van der Waals surface area (Å²) in [6.45, 7) is 15.6. The number of nitrogens with zero attached hydrogens (tertiary/aromatic N) is 3. The maximum absolute atomic E-state index is 2.79. The second-order valence-electron chi connectivity index (χ2n) is 7.99. The van der Waals surface area contributed by atoms with Crippen molar-refractivity contribution in [2.45, 2.75) is 44.6 Å². The molecule has 0 spiro atoms. The number of fused-ring (bicyclic) bond motifs is 3. The van der Waals surface area contributed by atoms with Crippen molar-refractivity contribution in [1.29, 1.82) is 0 Å². The third-order valence-electron chi connectivity index (χ3n) is 6.19. The largest absolute Gasteiger partial charge is 0.302 e. The summed E-state index contributed by atoms with van der Waals surface area (Å²) in [4.78, 5) is 6.95. The van der Waals surface area contributed by atoms with Crippen LogP contribution in [0.3, 0.4) is 0 Å². The number of piperazine rings is 1. The molecule has 1 atom stereocenters. The van der Waals surface area contributed by atoms with Crippen LogP contribution in [0.2, 0.25) is 0 Å². The van der Waals surface area contributed by atoms with Gasteiger partial charge in [0, 0.05) is 43.7 Å². The third kappa shape index (κ3) is 3.39. The molecule has 4 fully saturated rings. The minimum Gasteiger partial charge on any atom is -0.302 e. The van der Waals surface area contributed by atoms with Crippen molar-refractivity contribution >= 4 is 11.9 Å². The Hall–Kier alpha value is -0.550. The molecule has 5 rings (SSSR count). The zero-order chi connectivity index (χ0) is 16.7. The van der Waals surface area contributed by atoms with Crippen molar-refractivity contribution < 1.29 is 0 Å². The summed E-state index contributed by atoms with van der Waals surface area (Å²) in [5, 5.41) is 0. The van der Waals surface area contributed by atoms with E-state index in [9.17, 15) is 0 Å². The van der Waals surface area contributed by atoms with E-state index in [1.54, 1.807) is 0 Å². The summed E-state index contributed by atoms with van der Waals surface area (Å²) in [5.74, 6) is 0.968. The second-order valence-corrected chi connectivity index (χ2v) is 9.10. The van der Waals surface area contributed by atoms with Gasteiger partial charge in [0.1, 0.15) is 0 Å². The molecule has 1 aromatic rings. The Morgan fingerprint density at radius 3 is 2.04 bits per heavy atom. The van der Waals surface area contributed by atoms with Crippen molar-refractivity contribution in [3.05, 3.63) is 28.8 Å². The van der Waals surface area contributed by atoms with Crippen LogP contribution in [-0.4, -0.2) is 66.0 Å². The van der Waals surface area contributed by atoms with Crippen LogP contribution in [0.5, 0.6) is 0 Å². The Labute approximate surface area is 151 Å². The average Bonchev–Trinajstić information content (AvgIpc) is 2.59. The molecular formula is C20H31N3S. The van der Waals surface area contributed by atoms with Gasteiger partial charge in [-0.15, -0.1) is 0 Å². The molecule has 0 aliphatic carbocycles. The molecule has 0 saturated carbocycles. The van der Waals surface area contributed by atoms with Crippen molar-refractivity contribution in [1.82, 2.24) is 14.1 Å². The van der Waals surface area contributed by atoms with Gasteiger partial charge >= 0.3 is 0 Å². The van der Waals surface area contributed by atoms with E-state index in [0.717, 1.165) is 12.0 Å². The lowest BCUT2D eigenvalue weighted by Gasteiger charge is -2.50. The molecule has 2 bridgehead atoms. The van der Waals surface area contributed by atoms with Crippen LogP contribution in [0.1, 0.15) is 29.5 Å². The number of benzene rings is 1. The number of aryl methyl sites for hydroxylation is 3. The van der Waals surface area contributed by atoms with E-state index in [4.69, 9.17) is 0 Å². The van der Waals surface area contributed by atoms with Crippen LogP contribution in [0, 0.1) is 26.7 Å². The lowest BCUT2D eigenvalue weighted by molar-refractivity contribution is -0.00579. The second kappa shape index (κ2) is 6.99. The first kappa shape index (κ1) is 16.9. The van der Waals surface area contributed by atoms with Crippen LogP contribution >= 0.6 is 11.9 Å². The molecule has 4 heteroatoms. The molecule has 0 amide bonds. The molecule has 0 radical (unpaired) electrons. The molecule has 4 saturated heterocycles. The van der Waals surface area contributed by atoms with E-state index >= 15 is 0 Å². The minimum atomic E-state index is 0.836. The quantitative estimate of drug-likeness (QED) is 0.777. The van der Waals surface area contributed by atoms with E-state index in [2.05, 4.69) is 47.0 Å². The van der Waals surface area contributed by atoms with Crippen LogP contribution in [0.4, 0.5) is 0 Å². The van der Waals surface area contributed by atoms with E-state index in [1.165, 1.54) is 80.2 Å². The monoisotopic (exact) mass is 345 g/mol. The highest BCUT2D eigenvalue weighted by molar-refractivity contribution is 7.97. The van der Waals surface area contributed by atoms with Crippen molar-refractivity contribution in [2.75, 3.05) is 45.8 Å². The molecule has 132 valence electrons. The average molecular weight is 346 g/mol. The maximum Gasteiger partial charge on any atom is 0.0288 e. The smallest absolute Gasteiger partial charge is 0.0288 e. The van der Waals surface area contributed by atoms with E-state index in [-0.39, 0.29) is 0 Å². The zero-order valence-corrected chi connectivity index (χ0v) is 16.2. The van der Waals surface area contributed by atoms with Crippen molar-refractivity contribution in [3.8, 4) is 0 Å². The molecule has 1 unspecified atom stereocenters. The fourth-order valence-electron chi connectivity index (χ4n) is 4.91. The summed E-state index contributed by atoms with van der Waals surface area (Å²) in [5.41, 5.74) is 4.23. The highest BCUT2D eigenvalue weighted by Crippen LogP contribution is 2.34. The van der Waals surface area contributed by atoms with Crippen LogP contribution in [0.25, 0.3) is 0 Å². The first-order valence-corrected chi connectivity index (χ1v) is 10.3. The zero-order valence-electron chi connectivity index (χ0n) is 15.4. The number of rotatable bonds is 3. The highest BCUT2D eigenvalue weighted by atomic mass is 32.2. The molecule has 4 aliphatic heterocycles. The fraction of sp³-hybridized carbons (Fsp3) is 0.700. The molecule has 3 nitrogen and oxygen atoms in total. The Bertz CT molecular complexity index is 564. The molecule has 0 N–H and O–H groups in total. The van der Waals surface area contributed by atoms with Gasteiger partial charge in [-0.25, -0.2) is 4.31 Å². The predicted molar refractivity (Wildman–Crippen MR) is 103 cm³/mol. The molecular weight excluding hydrogens is 314 g/mol. The van der Waals surface area contributed by atoms with Crippen LogP contribution < -0.4 is 0 Å². The van der Waals surface area contributed by atoms with Gasteiger partial charge in [0.25, 0.3) is 0 Å². The van der Waals surface area contributed by atoms with Gasteiger partial charge in [-0.1, -0.05) is 17.7 Å². The normalized spacial score (nSPS) is 31.5. The lowest BCUT2D eigenvalue weighted by atomic mass is 9.83. The van der Waals surface area contributed by atoms with Crippen molar-refractivity contribution in [2.24, 2.45) is 5.92 Å². The summed E-state index contributed by atoms with van der Waals surface area (Å²) in [7, 11) is 0. The Balaban J connectivity index is 1.35. The molecule has 4 heterocycles. The molecule has 0 aromatic heterocycles. The van der Waals surface area contributed by atoms with Gasteiger partial charge in [-0.2, -0.15) is 0 Å². The first-order chi connectivity index (χ1) is 11.6. The van der Waals surface area contributed by atoms with E-state index in [1.807, 2.05) is 11.9 Å². The molecule has 24 heavy (non-hydrogen) atoms. The minimum absolute atomic E-state index is 0.836. The summed E-state index contributed by atoms with van der Waals surface area (Å²) in [6, 6.07) is 5.47. The third-order valence-corrected chi connectivity index (χ3v) is 7.64. The first-order valence-electron chi connectivity index (χ1n) is 9.57. The van der Waals surface area contributed by atoms with Gasteiger partial charge < -0.3 is 4.90 Å². The summed E-state index contributed by atoms with van der Waals surface area (Å²) >= 11 is 1.99. The van der Waals surface area contributed by atoms with Gasteiger partial charge in [0.05, 0.1) is 0 Å². The molecule has 1 aromatic carbocycles.